The maximum absolute atomic E-state index is 13.6. The van der Waals surface area contributed by atoms with Crippen LogP contribution in [0.25, 0.3) is 0 Å². The van der Waals surface area contributed by atoms with Gasteiger partial charge in [-0.2, -0.15) is 0 Å². The molecule has 0 unspecified atom stereocenters. The van der Waals surface area contributed by atoms with Crippen LogP contribution >= 0.6 is 0 Å². The van der Waals surface area contributed by atoms with E-state index in [-0.39, 0.29) is 18.8 Å². The third kappa shape index (κ3) is 14.0. The van der Waals surface area contributed by atoms with Crippen molar-refractivity contribution in [3.8, 4) is 0 Å². The van der Waals surface area contributed by atoms with Crippen LogP contribution in [0.5, 0.6) is 0 Å². The number of carbonyl (C=O) groups excluding carboxylic acids is 1. The molecule has 2 nitrogen and oxygen atoms in total. The molecule has 0 aromatic carbocycles. The summed E-state index contributed by atoms with van der Waals surface area (Å²) in [4.78, 5) is 10.9. The maximum Gasteiger partial charge on any atom is 0.305 e. The lowest BCUT2D eigenvalue weighted by molar-refractivity contribution is -0.140. The highest BCUT2D eigenvalue weighted by atomic mass is 19.3. The van der Waals surface area contributed by atoms with Crippen LogP contribution in [0.15, 0.2) is 0 Å². The number of esters is 1. The van der Waals surface area contributed by atoms with E-state index in [4.69, 9.17) is 0 Å². The molecule has 0 fully saturated rings. The molecule has 0 aliphatic heterocycles. The van der Waals surface area contributed by atoms with E-state index in [0.29, 0.717) is 32.1 Å². The highest BCUT2D eigenvalue weighted by molar-refractivity contribution is 5.68. The van der Waals surface area contributed by atoms with Crippen molar-refractivity contribution in [1.29, 1.82) is 0 Å². The summed E-state index contributed by atoms with van der Waals surface area (Å²) in [7, 11) is 1.35. The van der Waals surface area contributed by atoms with Gasteiger partial charge in [0.25, 0.3) is 0 Å². The fraction of sp³-hybridized carbons (Fsp3) is 0.941. The minimum atomic E-state index is -2.53. The molecule has 0 atom stereocenters. The molecule has 0 aliphatic carbocycles. The Hall–Kier alpha value is -0.670. The molecule has 0 bridgehead atoms. The highest BCUT2D eigenvalue weighted by Crippen LogP contribution is 2.28. The SMILES string of the molecule is CCCCCCCCCC(F)(F)CCCCCC(=O)OC. The highest BCUT2D eigenvalue weighted by Gasteiger charge is 2.26. The van der Waals surface area contributed by atoms with Crippen LogP contribution in [0.4, 0.5) is 8.78 Å². The monoisotopic (exact) mass is 306 g/mol. The number of unbranched alkanes of at least 4 members (excludes halogenated alkanes) is 8. The van der Waals surface area contributed by atoms with E-state index >= 15 is 0 Å². The van der Waals surface area contributed by atoms with Gasteiger partial charge in [-0.3, -0.25) is 4.79 Å². The Labute approximate surface area is 128 Å². The minimum absolute atomic E-state index is 0.0117. The molecule has 4 heteroatoms. The Morgan fingerprint density at radius 1 is 0.857 bits per heavy atom. The Kier molecular flexibility index (Phi) is 12.6. The quantitative estimate of drug-likeness (QED) is 0.295. The van der Waals surface area contributed by atoms with Crippen LogP contribution in [0, 0.1) is 0 Å². The zero-order valence-electron chi connectivity index (χ0n) is 13.8. The molecular weight excluding hydrogens is 274 g/mol. The number of methoxy groups -OCH3 is 1. The first-order valence-electron chi connectivity index (χ1n) is 8.46. The van der Waals surface area contributed by atoms with Gasteiger partial charge in [0.05, 0.1) is 7.11 Å². The van der Waals surface area contributed by atoms with E-state index < -0.39 is 5.92 Å². The molecule has 0 saturated heterocycles. The van der Waals surface area contributed by atoms with Gasteiger partial charge in [0.15, 0.2) is 0 Å². The third-order valence-corrected chi connectivity index (χ3v) is 3.80. The van der Waals surface area contributed by atoms with Crippen molar-refractivity contribution in [2.45, 2.75) is 96.3 Å². The standard InChI is InChI=1S/C17H32F2O2/c1-3-4-5-6-7-8-11-14-17(18,19)15-12-9-10-13-16(20)21-2/h3-15H2,1-2H3. The van der Waals surface area contributed by atoms with Crippen LogP contribution in [-0.2, 0) is 9.53 Å². The summed E-state index contributed by atoms with van der Waals surface area (Å²) in [6.07, 6.45) is 9.58. The fourth-order valence-corrected chi connectivity index (χ4v) is 2.40. The van der Waals surface area contributed by atoms with Crippen molar-refractivity contribution in [2.24, 2.45) is 0 Å². The van der Waals surface area contributed by atoms with Crippen molar-refractivity contribution in [1.82, 2.24) is 0 Å². The number of ether oxygens (including phenoxy) is 1. The normalized spacial score (nSPS) is 11.6. The summed E-state index contributed by atoms with van der Waals surface area (Å²) in [6.45, 7) is 2.17. The molecule has 0 aromatic rings. The summed E-state index contributed by atoms with van der Waals surface area (Å²) in [5.74, 6) is -2.79. The Morgan fingerprint density at radius 2 is 1.33 bits per heavy atom. The number of halogens is 2. The summed E-state index contributed by atoms with van der Waals surface area (Å²) < 4.78 is 31.7. The summed E-state index contributed by atoms with van der Waals surface area (Å²) in [5.41, 5.74) is 0. The number of hydrogen-bond acceptors (Lipinski definition) is 2. The molecule has 0 rings (SSSR count). The summed E-state index contributed by atoms with van der Waals surface area (Å²) >= 11 is 0. The van der Waals surface area contributed by atoms with Crippen LogP contribution in [-0.4, -0.2) is 19.0 Å². The minimum Gasteiger partial charge on any atom is -0.469 e. The van der Waals surface area contributed by atoms with Gasteiger partial charge < -0.3 is 4.74 Å². The van der Waals surface area contributed by atoms with Crippen molar-refractivity contribution in [2.75, 3.05) is 7.11 Å². The van der Waals surface area contributed by atoms with Gasteiger partial charge >= 0.3 is 5.97 Å². The molecule has 0 radical (unpaired) electrons. The average molecular weight is 306 g/mol. The molecule has 0 aromatic heterocycles. The molecule has 126 valence electrons. The first kappa shape index (κ1) is 20.3. The molecule has 21 heavy (non-hydrogen) atoms. The largest absolute Gasteiger partial charge is 0.469 e. The molecular formula is C17H32F2O2. The van der Waals surface area contributed by atoms with Crippen molar-refractivity contribution >= 4 is 5.97 Å². The number of alkyl halides is 2. The smallest absolute Gasteiger partial charge is 0.305 e. The first-order chi connectivity index (χ1) is 10.0. The molecule has 0 saturated carbocycles. The lowest BCUT2D eigenvalue weighted by Crippen LogP contribution is -2.15. The van der Waals surface area contributed by atoms with Gasteiger partial charge in [0, 0.05) is 19.3 Å². The van der Waals surface area contributed by atoms with Gasteiger partial charge in [0.1, 0.15) is 0 Å². The van der Waals surface area contributed by atoms with Gasteiger partial charge in [-0.15, -0.1) is 0 Å². The van der Waals surface area contributed by atoms with Crippen LogP contribution in [0.2, 0.25) is 0 Å². The van der Waals surface area contributed by atoms with E-state index in [0.717, 1.165) is 12.8 Å². The Balaban J connectivity index is 3.45. The second-order valence-electron chi connectivity index (χ2n) is 5.86. The zero-order valence-corrected chi connectivity index (χ0v) is 13.8. The first-order valence-corrected chi connectivity index (χ1v) is 8.46. The van der Waals surface area contributed by atoms with Gasteiger partial charge in [0.2, 0.25) is 5.92 Å². The predicted octanol–water partition coefficient (Wildman–Crippen LogP) is 5.89. The van der Waals surface area contributed by atoms with Crippen LogP contribution in [0.3, 0.4) is 0 Å². The fourth-order valence-electron chi connectivity index (χ4n) is 2.40. The zero-order chi connectivity index (χ0) is 16.0. The summed E-state index contributed by atoms with van der Waals surface area (Å²) in [6, 6.07) is 0. The van der Waals surface area contributed by atoms with Crippen LogP contribution in [0.1, 0.15) is 90.4 Å². The maximum atomic E-state index is 13.6. The predicted molar refractivity (Wildman–Crippen MR) is 82.7 cm³/mol. The van der Waals surface area contributed by atoms with E-state index in [1.54, 1.807) is 0 Å². The van der Waals surface area contributed by atoms with Gasteiger partial charge in [-0.05, 0) is 19.3 Å². The third-order valence-electron chi connectivity index (χ3n) is 3.80. The van der Waals surface area contributed by atoms with Crippen molar-refractivity contribution in [3.63, 3.8) is 0 Å². The molecule has 0 N–H and O–H groups in total. The molecule has 0 aliphatic rings. The second-order valence-corrected chi connectivity index (χ2v) is 5.86. The second kappa shape index (κ2) is 13.0. The van der Waals surface area contributed by atoms with Crippen molar-refractivity contribution in [3.05, 3.63) is 0 Å². The van der Waals surface area contributed by atoms with Crippen LogP contribution < -0.4 is 0 Å². The number of carbonyl (C=O) groups is 1. The van der Waals surface area contributed by atoms with Gasteiger partial charge in [-0.25, -0.2) is 8.78 Å². The number of hydrogen-bond donors (Lipinski definition) is 0. The topological polar surface area (TPSA) is 26.3 Å². The molecule has 0 heterocycles. The van der Waals surface area contributed by atoms with Gasteiger partial charge in [-0.1, -0.05) is 51.9 Å². The lowest BCUT2D eigenvalue weighted by atomic mass is 10.0. The Bertz CT molecular complexity index is 255. The molecule has 0 spiro atoms. The van der Waals surface area contributed by atoms with E-state index in [9.17, 15) is 13.6 Å². The van der Waals surface area contributed by atoms with Crippen molar-refractivity contribution < 1.29 is 18.3 Å². The summed E-state index contributed by atoms with van der Waals surface area (Å²) in [5, 5.41) is 0. The Morgan fingerprint density at radius 3 is 1.86 bits per heavy atom. The number of rotatable bonds is 14. The van der Waals surface area contributed by atoms with E-state index in [2.05, 4.69) is 11.7 Å². The van der Waals surface area contributed by atoms with E-state index in [1.165, 1.54) is 32.8 Å². The lowest BCUT2D eigenvalue weighted by Gasteiger charge is -2.16. The average Bonchev–Trinajstić information content (AvgIpc) is 2.45. The molecule has 0 amide bonds. The van der Waals surface area contributed by atoms with E-state index in [1.807, 2.05) is 0 Å².